The van der Waals surface area contributed by atoms with Crippen LogP contribution < -0.4 is 4.74 Å². The fraction of sp³-hybridized carbons (Fsp3) is 0.0435. The van der Waals surface area contributed by atoms with Crippen LogP contribution in [0, 0.1) is 5.82 Å². The lowest BCUT2D eigenvalue weighted by molar-refractivity contribution is -0.129. The Morgan fingerprint density at radius 2 is 1.75 bits per heavy atom. The van der Waals surface area contributed by atoms with Crippen LogP contribution >= 0.6 is 0 Å². The third kappa shape index (κ3) is 4.15. The van der Waals surface area contributed by atoms with E-state index in [0.717, 1.165) is 16.7 Å². The molecule has 0 fully saturated rings. The predicted octanol–water partition coefficient (Wildman–Crippen LogP) is 4.75. The van der Waals surface area contributed by atoms with Gasteiger partial charge in [0, 0.05) is 5.56 Å². The second-order valence-corrected chi connectivity index (χ2v) is 6.19. The molecule has 4 rings (SSSR count). The lowest BCUT2D eigenvalue weighted by Crippen LogP contribution is -2.04. The SMILES string of the molecule is O=C1OC(c2ccccc2)=N/C1=C\c1ccc(OCc2cccc(F)c2)cc1. The summed E-state index contributed by atoms with van der Waals surface area (Å²) < 4.78 is 24.1. The molecule has 5 heteroatoms. The van der Waals surface area contributed by atoms with Gasteiger partial charge in [0.05, 0.1) is 0 Å². The Bertz CT molecular complexity index is 1060. The molecule has 0 saturated heterocycles. The van der Waals surface area contributed by atoms with E-state index in [1.165, 1.54) is 12.1 Å². The van der Waals surface area contributed by atoms with Gasteiger partial charge >= 0.3 is 5.97 Å². The minimum Gasteiger partial charge on any atom is -0.489 e. The van der Waals surface area contributed by atoms with Crippen LogP contribution in [0.3, 0.4) is 0 Å². The molecule has 0 spiro atoms. The van der Waals surface area contributed by atoms with Gasteiger partial charge in [0.15, 0.2) is 5.70 Å². The van der Waals surface area contributed by atoms with Gasteiger partial charge in [0.25, 0.3) is 0 Å². The number of nitrogens with zero attached hydrogens (tertiary/aromatic N) is 1. The maximum atomic E-state index is 13.2. The van der Waals surface area contributed by atoms with E-state index in [4.69, 9.17) is 9.47 Å². The molecular weight excluding hydrogens is 357 g/mol. The third-order valence-electron chi connectivity index (χ3n) is 4.12. The highest BCUT2D eigenvalue weighted by Crippen LogP contribution is 2.21. The molecule has 3 aromatic rings. The van der Waals surface area contributed by atoms with Crippen molar-refractivity contribution < 1.29 is 18.7 Å². The molecule has 138 valence electrons. The zero-order chi connectivity index (χ0) is 19.3. The van der Waals surface area contributed by atoms with Crippen molar-refractivity contribution in [1.82, 2.24) is 0 Å². The summed E-state index contributed by atoms with van der Waals surface area (Å²) >= 11 is 0. The molecule has 0 atom stereocenters. The zero-order valence-corrected chi connectivity index (χ0v) is 14.8. The molecular formula is C23H16FNO3. The van der Waals surface area contributed by atoms with Crippen molar-refractivity contribution in [2.24, 2.45) is 4.99 Å². The van der Waals surface area contributed by atoms with Gasteiger partial charge in [-0.05, 0) is 53.6 Å². The molecule has 1 aliphatic rings. The van der Waals surface area contributed by atoms with E-state index in [-0.39, 0.29) is 18.1 Å². The third-order valence-corrected chi connectivity index (χ3v) is 4.12. The summed E-state index contributed by atoms with van der Waals surface area (Å²) in [6.45, 7) is 0.273. The molecule has 0 unspecified atom stereocenters. The molecule has 4 nitrogen and oxygen atoms in total. The van der Waals surface area contributed by atoms with Crippen LogP contribution in [0.15, 0.2) is 89.6 Å². The van der Waals surface area contributed by atoms with Gasteiger partial charge in [0.1, 0.15) is 18.2 Å². The normalized spacial score (nSPS) is 14.7. The smallest absolute Gasteiger partial charge is 0.363 e. The summed E-state index contributed by atoms with van der Waals surface area (Å²) in [6.07, 6.45) is 1.66. The van der Waals surface area contributed by atoms with Crippen LogP contribution in [-0.2, 0) is 16.1 Å². The first kappa shape index (κ1) is 17.7. The number of esters is 1. The van der Waals surface area contributed by atoms with Crippen LogP contribution in [0.4, 0.5) is 4.39 Å². The average Bonchev–Trinajstić information content (AvgIpc) is 3.09. The van der Waals surface area contributed by atoms with Gasteiger partial charge in [-0.1, -0.05) is 42.5 Å². The first-order chi connectivity index (χ1) is 13.7. The van der Waals surface area contributed by atoms with E-state index in [0.29, 0.717) is 11.6 Å². The largest absolute Gasteiger partial charge is 0.489 e. The van der Waals surface area contributed by atoms with Crippen molar-refractivity contribution in [3.05, 3.63) is 107 Å². The number of hydrogen-bond acceptors (Lipinski definition) is 4. The average molecular weight is 373 g/mol. The highest BCUT2D eigenvalue weighted by molar-refractivity contribution is 6.12. The fourth-order valence-electron chi connectivity index (χ4n) is 2.72. The molecule has 0 bridgehead atoms. The number of carbonyl (C=O) groups excluding carboxylic acids is 1. The van der Waals surface area contributed by atoms with Crippen LogP contribution in [0.25, 0.3) is 6.08 Å². The van der Waals surface area contributed by atoms with E-state index in [2.05, 4.69) is 4.99 Å². The molecule has 0 aliphatic carbocycles. The molecule has 0 N–H and O–H groups in total. The van der Waals surface area contributed by atoms with E-state index >= 15 is 0 Å². The summed E-state index contributed by atoms with van der Waals surface area (Å²) in [4.78, 5) is 16.3. The fourth-order valence-corrected chi connectivity index (χ4v) is 2.72. The van der Waals surface area contributed by atoms with Gasteiger partial charge in [-0.15, -0.1) is 0 Å². The first-order valence-electron chi connectivity index (χ1n) is 8.73. The molecule has 0 saturated carbocycles. The lowest BCUT2D eigenvalue weighted by atomic mass is 10.2. The molecule has 1 aliphatic heterocycles. The number of carbonyl (C=O) groups is 1. The van der Waals surface area contributed by atoms with Gasteiger partial charge < -0.3 is 9.47 Å². The van der Waals surface area contributed by atoms with Gasteiger partial charge in [0.2, 0.25) is 5.90 Å². The van der Waals surface area contributed by atoms with Crippen LogP contribution in [0.1, 0.15) is 16.7 Å². The Kier molecular flexibility index (Phi) is 4.97. The standard InChI is InChI=1S/C23H16FNO3/c24-19-8-4-5-17(13-19)15-27-20-11-9-16(10-12-20)14-21-23(26)28-22(25-21)18-6-2-1-3-7-18/h1-14H,15H2/b21-14-. The van der Waals surface area contributed by atoms with Crippen molar-refractivity contribution in [3.63, 3.8) is 0 Å². The molecule has 0 amide bonds. The van der Waals surface area contributed by atoms with Crippen molar-refractivity contribution in [2.45, 2.75) is 6.61 Å². The van der Waals surface area contributed by atoms with Crippen molar-refractivity contribution in [1.29, 1.82) is 0 Å². The van der Waals surface area contributed by atoms with Crippen LogP contribution in [0.5, 0.6) is 5.75 Å². The van der Waals surface area contributed by atoms with Crippen molar-refractivity contribution >= 4 is 17.9 Å². The molecule has 0 radical (unpaired) electrons. The monoisotopic (exact) mass is 373 g/mol. The molecule has 28 heavy (non-hydrogen) atoms. The number of hydrogen-bond donors (Lipinski definition) is 0. The van der Waals surface area contributed by atoms with Gasteiger partial charge in [-0.2, -0.15) is 0 Å². The Balaban J connectivity index is 1.45. The molecule has 3 aromatic carbocycles. The summed E-state index contributed by atoms with van der Waals surface area (Å²) in [6, 6.07) is 22.7. The van der Waals surface area contributed by atoms with Gasteiger partial charge in [-0.25, -0.2) is 14.2 Å². The van der Waals surface area contributed by atoms with E-state index in [1.54, 1.807) is 30.3 Å². The number of ether oxygens (including phenoxy) is 2. The Hall–Kier alpha value is -3.73. The first-order valence-corrected chi connectivity index (χ1v) is 8.73. The van der Waals surface area contributed by atoms with E-state index in [9.17, 15) is 9.18 Å². The van der Waals surface area contributed by atoms with Gasteiger partial charge in [-0.3, -0.25) is 0 Å². The molecule has 0 aromatic heterocycles. The predicted molar refractivity (Wildman–Crippen MR) is 104 cm³/mol. The number of halogens is 1. The zero-order valence-electron chi connectivity index (χ0n) is 14.8. The van der Waals surface area contributed by atoms with Crippen molar-refractivity contribution in [3.8, 4) is 5.75 Å². The summed E-state index contributed by atoms with van der Waals surface area (Å²) in [5, 5.41) is 0. The lowest BCUT2D eigenvalue weighted by Gasteiger charge is -2.06. The second kappa shape index (κ2) is 7.88. The number of aliphatic imine (C=N–C) groups is 1. The minimum atomic E-state index is -0.481. The summed E-state index contributed by atoms with van der Waals surface area (Å²) in [7, 11) is 0. The van der Waals surface area contributed by atoms with Crippen LogP contribution in [-0.4, -0.2) is 11.9 Å². The topological polar surface area (TPSA) is 47.9 Å². The van der Waals surface area contributed by atoms with Crippen LogP contribution in [0.2, 0.25) is 0 Å². The second-order valence-electron chi connectivity index (χ2n) is 6.19. The maximum Gasteiger partial charge on any atom is 0.363 e. The summed E-state index contributed by atoms with van der Waals surface area (Å²) in [5.74, 6) is 0.174. The van der Waals surface area contributed by atoms with E-state index < -0.39 is 5.97 Å². The highest BCUT2D eigenvalue weighted by atomic mass is 19.1. The number of rotatable bonds is 5. The summed E-state index contributed by atoms with van der Waals surface area (Å²) in [5.41, 5.74) is 2.54. The highest BCUT2D eigenvalue weighted by Gasteiger charge is 2.23. The Morgan fingerprint density at radius 3 is 2.50 bits per heavy atom. The quantitative estimate of drug-likeness (QED) is 0.479. The maximum absolute atomic E-state index is 13.2. The Labute approximate surface area is 161 Å². The minimum absolute atomic E-state index is 0.243. The van der Waals surface area contributed by atoms with E-state index in [1.807, 2.05) is 42.5 Å². The molecule has 1 heterocycles. The number of benzene rings is 3. The Morgan fingerprint density at radius 1 is 0.964 bits per heavy atom. The van der Waals surface area contributed by atoms with Crippen molar-refractivity contribution in [2.75, 3.05) is 0 Å². The number of cyclic esters (lactones) is 1.